The Labute approximate surface area is 179 Å². The zero-order valence-electron chi connectivity index (χ0n) is 16.7. The van der Waals surface area contributed by atoms with Crippen molar-refractivity contribution in [3.8, 4) is 17.3 Å². The lowest BCUT2D eigenvalue weighted by Crippen LogP contribution is -2.32. The van der Waals surface area contributed by atoms with Gasteiger partial charge >= 0.3 is 5.97 Å². The third-order valence-electron chi connectivity index (χ3n) is 4.75. The zero-order valence-corrected chi connectivity index (χ0v) is 17.4. The predicted molar refractivity (Wildman–Crippen MR) is 115 cm³/mol. The van der Waals surface area contributed by atoms with Crippen molar-refractivity contribution in [2.24, 2.45) is 0 Å². The van der Waals surface area contributed by atoms with E-state index in [-0.39, 0.29) is 18.9 Å². The second kappa shape index (κ2) is 9.38. The van der Waals surface area contributed by atoms with Crippen LogP contribution in [0.15, 0.2) is 48.5 Å². The lowest BCUT2D eigenvalue weighted by molar-refractivity contribution is -0.133. The van der Waals surface area contributed by atoms with Crippen LogP contribution in [-0.4, -0.2) is 42.0 Å². The molecule has 0 radical (unpaired) electrons. The van der Waals surface area contributed by atoms with Crippen LogP contribution in [0.4, 0.5) is 0 Å². The smallest absolute Gasteiger partial charge is 0.339 e. The number of para-hydroxylation sites is 1. The maximum absolute atomic E-state index is 13.0. The highest BCUT2D eigenvalue weighted by molar-refractivity contribution is 6.30. The molecule has 0 aliphatic rings. The average Bonchev–Trinajstić information content (AvgIpc) is 2.75. The Bertz CT molecular complexity index is 1150. The van der Waals surface area contributed by atoms with E-state index in [1.165, 1.54) is 4.90 Å². The van der Waals surface area contributed by atoms with Crippen LogP contribution in [-0.2, 0) is 9.53 Å². The lowest BCUT2D eigenvalue weighted by Gasteiger charge is -2.17. The van der Waals surface area contributed by atoms with Gasteiger partial charge in [-0.1, -0.05) is 41.9 Å². The minimum Gasteiger partial charge on any atom is -0.452 e. The number of benzene rings is 2. The zero-order chi connectivity index (χ0) is 21.7. The van der Waals surface area contributed by atoms with Crippen LogP contribution in [0.1, 0.15) is 22.3 Å². The Hall–Kier alpha value is -3.43. The van der Waals surface area contributed by atoms with Gasteiger partial charge in [0.15, 0.2) is 6.61 Å². The van der Waals surface area contributed by atoms with Crippen LogP contribution in [0.5, 0.6) is 0 Å². The molecular weight excluding hydrogens is 402 g/mol. The Kier molecular flexibility index (Phi) is 6.65. The summed E-state index contributed by atoms with van der Waals surface area (Å²) in [6.45, 7) is 1.68. The molecule has 0 spiro atoms. The molecule has 0 atom stereocenters. The summed E-state index contributed by atoms with van der Waals surface area (Å²) in [6, 6.07) is 16.5. The topological polar surface area (TPSA) is 83.3 Å². The summed E-state index contributed by atoms with van der Waals surface area (Å²) in [5.41, 5.74) is 3.06. The van der Waals surface area contributed by atoms with Crippen LogP contribution >= 0.6 is 11.6 Å². The lowest BCUT2D eigenvalue weighted by atomic mass is 9.98. The van der Waals surface area contributed by atoms with Crippen LogP contribution < -0.4 is 0 Å². The van der Waals surface area contributed by atoms with Gasteiger partial charge in [-0.15, -0.1) is 0 Å². The summed E-state index contributed by atoms with van der Waals surface area (Å²) >= 11 is 6.14. The number of nitriles is 1. The number of likely N-dealkylation sites (N-methyl/N-ethyl adjacent to an activating group) is 1. The third-order valence-corrected chi connectivity index (χ3v) is 4.98. The van der Waals surface area contributed by atoms with E-state index >= 15 is 0 Å². The van der Waals surface area contributed by atoms with E-state index in [0.29, 0.717) is 32.7 Å². The number of rotatable bonds is 6. The first-order valence-electron chi connectivity index (χ1n) is 9.35. The maximum atomic E-state index is 13.0. The summed E-state index contributed by atoms with van der Waals surface area (Å²) in [5, 5.41) is 9.86. The highest BCUT2D eigenvalue weighted by Gasteiger charge is 2.21. The molecule has 1 heterocycles. The van der Waals surface area contributed by atoms with Gasteiger partial charge in [-0.2, -0.15) is 5.26 Å². The molecule has 6 nitrogen and oxygen atoms in total. The molecule has 1 aromatic heterocycles. The normalized spacial score (nSPS) is 10.5. The number of ether oxygens (including phenoxy) is 1. The molecule has 30 heavy (non-hydrogen) atoms. The number of fused-ring (bicyclic) bond motifs is 1. The monoisotopic (exact) mass is 421 g/mol. The average molecular weight is 422 g/mol. The van der Waals surface area contributed by atoms with Crippen LogP contribution in [0.2, 0.25) is 5.02 Å². The summed E-state index contributed by atoms with van der Waals surface area (Å²) in [5.74, 6) is -0.971. The number of hydrogen-bond donors (Lipinski definition) is 0. The molecule has 0 bridgehead atoms. The minimum atomic E-state index is -0.601. The van der Waals surface area contributed by atoms with Gasteiger partial charge in [-0.25, -0.2) is 9.78 Å². The Morgan fingerprint density at radius 2 is 1.97 bits per heavy atom. The first-order chi connectivity index (χ1) is 14.4. The molecule has 0 saturated carbocycles. The summed E-state index contributed by atoms with van der Waals surface area (Å²) in [7, 11) is 1.57. The van der Waals surface area contributed by atoms with E-state index in [1.807, 2.05) is 36.4 Å². The Morgan fingerprint density at radius 1 is 1.20 bits per heavy atom. The molecule has 152 valence electrons. The Morgan fingerprint density at radius 3 is 2.70 bits per heavy atom. The molecule has 2 aromatic carbocycles. The fourth-order valence-corrected chi connectivity index (χ4v) is 3.33. The largest absolute Gasteiger partial charge is 0.452 e. The molecule has 1 amide bonds. The molecule has 0 aliphatic carbocycles. The van der Waals surface area contributed by atoms with E-state index in [2.05, 4.69) is 0 Å². The number of amides is 1. The first-order valence-corrected chi connectivity index (χ1v) is 9.73. The quantitative estimate of drug-likeness (QED) is 0.551. The third kappa shape index (κ3) is 4.58. The van der Waals surface area contributed by atoms with Gasteiger partial charge in [0, 0.05) is 29.6 Å². The molecule has 7 heteroatoms. The van der Waals surface area contributed by atoms with Crippen molar-refractivity contribution in [2.75, 3.05) is 20.2 Å². The van der Waals surface area contributed by atoms with E-state index in [1.54, 1.807) is 32.2 Å². The molecule has 0 unspecified atom stereocenters. The fourth-order valence-electron chi connectivity index (χ4n) is 3.14. The first kappa shape index (κ1) is 21.3. The van der Waals surface area contributed by atoms with E-state index in [4.69, 9.17) is 26.6 Å². The van der Waals surface area contributed by atoms with Gasteiger partial charge in [-0.05, 0) is 30.7 Å². The SMILES string of the molecule is Cc1c(-c2cccc(Cl)c2)nc2ccccc2c1C(=O)OCC(=O)N(C)CCC#N. The molecule has 3 aromatic rings. The van der Waals surface area contributed by atoms with Gasteiger partial charge in [0.2, 0.25) is 0 Å². The Balaban J connectivity index is 1.96. The summed E-state index contributed by atoms with van der Waals surface area (Å²) in [4.78, 5) is 31.2. The van der Waals surface area contributed by atoms with Crippen molar-refractivity contribution < 1.29 is 14.3 Å². The van der Waals surface area contributed by atoms with Crippen molar-refractivity contribution in [1.82, 2.24) is 9.88 Å². The van der Waals surface area contributed by atoms with Gasteiger partial charge in [0.1, 0.15) is 0 Å². The number of halogens is 1. The molecule has 0 N–H and O–H groups in total. The predicted octanol–water partition coefficient (Wildman–Crippen LogP) is 4.39. The van der Waals surface area contributed by atoms with Gasteiger partial charge < -0.3 is 9.64 Å². The van der Waals surface area contributed by atoms with E-state index in [0.717, 1.165) is 5.56 Å². The summed E-state index contributed by atoms with van der Waals surface area (Å²) < 4.78 is 5.33. The van der Waals surface area contributed by atoms with Gasteiger partial charge in [0.25, 0.3) is 5.91 Å². The second-order valence-corrected chi connectivity index (χ2v) is 7.22. The van der Waals surface area contributed by atoms with E-state index in [9.17, 15) is 9.59 Å². The molecule has 0 aliphatic heterocycles. The van der Waals surface area contributed by atoms with Crippen molar-refractivity contribution in [2.45, 2.75) is 13.3 Å². The standard InChI is InChI=1S/C23H20ClN3O3/c1-15-21(23(29)30-14-20(28)27(2)12-6-11-25)18-9-3-4-10-19(18)26-22(15)16-7-5-8-17(24)13-16/h3-5,7-10,13H,6,12,14H2,1-2H3. The number of nitrogens with zero attached hydrogens (tertiary/aromatic N) is 3. The van der Waals surface area contributed by atoms with Crippen molar-refractivity contribution in [3.05, 3.63) is 64.7 Å². The number of aromatic nitrogens is 1. The van der Waals surface area contributed by atoms with Gasteiger partial charge in [-0.3, -0.25) is 4.79 Å². The van der Waals surface area contributed by atoms with E-state index < -0.39 is 12.6 Å². The minimum absolute atomic E-state index is 0.216. The molecular formula is C23H20ClN3O3. The molecule has 0 fully saturated rings. The number of carbonyl (C=O) groups is 2. The molecule has 0 saturated heterocycles. The van der Waals surface area contributed by atoms with Crippen molar-refractivity contribution in [1.29, 1.82) is 5.26 Å². The van der Waals surface area contributed by atoms with Crippen molar-refractivity contribution >= 4 is 34.4 Å². The number of hydrogen-bond acceptors (Lipinski definition) is 5. The fraction of sp³-hybridized carbons (Fsp3) is 0.217. The van der Waals surface area contributed by atoms with Crippen LogP contribution in [0, 0.1) is 18.3 Å². The number of pyridine rings is 1. The number of carbonyl (C=O) groups excluding carboxylic acids is 2. The van der Waals surface area contributed by atoms with Crippen LogP contribution in [0.25, 0.3) is 22.2 Å². The highest BCUT2D eigenvalue weighted by atomic mass is 35.5. The summed E-state index contributed by atoms with van der Waals surface area (Å²) in [6.07, 6.45) is 0.216. The second-order valence-electron chi connectivity index (χ2n) is 6.79. The van der Waals surface area contributed by atoms with Crippen molar-refractivity contribution in [3.63, 3.8) is 0 Å². The van der Waals surface area contributed by atoms with Gasteiger partial charge in [0.05, 0.1) is 29.3 Å². The maximum Gasteiger partial charge on any atom is 0.339 e. The van der Waals surface area contributed by atoms with Crippen LogP contribution in [0.3, 0.4) is 0 Å². The molecule has 3 rings (SSSR count). The highest BCUT2D eigenvalue weighted by Crippen LogP contribution is 2.31. The number of esters is 1.